The molecule has 0 aromatic carbocycles. The van der Waals surface area contributed by atoms with Gasteiger partial charge in [-0.05, 0) is 12.8 Å². The van der Waals surface area contributed by atoms with Crippen LogP contribution < -0.4 is 5.32 Å². The summed E-state index contributed by atoms with van der Waals surface area (Å²) in [6.07, 6.45) is 3.81. The molecule has 0 aromatic rings. The van der Waals surface area contributed by atoms with E-state index >= 15 is 0 Å². The third-order valence-electron chi connectivity index (χ3n) is 3.45. The molecule has 0 unspecified atom stereocenters. The second-order valence-corrected chi connectivity index (χ2v) is 5.14. The predicted molar refractivity (Wildman–Crippen MR) is 67.5 cm³/mol. The average Bonchev–Trinajstić information content (AvgIpc) is 2.28. The minimum absolute atomic E-state index is 0.0417. The fourth-order valence-electron chi connectivity index (χ4n) is 2.64. The number of piperazine rings is 1. The molecule has 0 radical (unpaired) electrons. The molecule has 98 valence electrons. The van der Waals surface area contributed by atoms with E-state index in [-0.39, 0.29) is 23.8 Å². The Balaban J connectivity index is 2.72. The molecule has 1 rings (SSSR count). The van der Waals surface area contributed by atoms with Gasteiger partial charge >= 0.3 is 0 Å². The first-order chi connectivity index (χ1) is 8.03. The summed E-state index contributed by atoms with van der Waals surface area (Å²) in [6.45, 7) is 7.69. The van der Waals surface area contributed by atoms with E-state index in [0.29, 0.717) is 13.1 Å². The van der Waals surface area contributed by atoms with E-state index in [4.69, 9.17) is 0 Å². The van der Waals surface area contributed by atoms with Gasteiger partial charge in [-0.3, -0.25) is 9.59 Å². The van der Waals surface area contributed by atoms with Gasteiger partial charge in [0, 0.05) is 18.5 Å². The van der Waals surface area contributed by atoms with Crippen molar-refractivity contribution in [1.82, 2.24) is 10.2 Å². The molecule has 1 N–H and O–H groups in total. The second kappa shape index (κ2) is 6.03. The molecule has 0 aromatic heterocycles. The molecule has 0 spiro atoms. The normalized spacial score (nSPS) is 16.9. The van der Waals surface area contributed by atoms with E-state index < -0.39 is 0 Å². The zero-order chi connectivity index (χ0) is 12.9. The highest BCUT2D eigenvalue weighted by molar-refractivity contribution is 5.88. The Kier molecular flexibility index (Phi) is 4.97. The number of nitrogens with one attached hydrogen (secondary N) is 1. The van der Waals surface area contributed by atoms with Gasteiger partial charge in [-0.1, -0.05) is 33.6 Å². The van der Waals surface area contributed by atoms with E-state index in [2.05, 4.69) is 19.2 Å². The van der Waals surface area contributed by atoms with Crippen LogP contribution >= 0.6 is 0 Å². The van der Waals surface area contributed by atoms with Crippen molar-refractivity contribution in [2.75, 3.05) is 19.6 Å². The van der Waals surface area contributed by atoms with Crippen molar-refractivity contribution < 1.29 is 9.59 Å². The summed E-state index contributed by atoms with van der Waals surface area (Å²) >= 11 is 0. The second-order valence-electron chi connectivity index (χ2n) is 5.14. The number of hydrogen-bond acceptors (Lipinski definition) is 2. The Morgan fingerprint density at radius 3 is 2.41 bits per heavy atom. The Hall–Kier alpha value is -1.06. The summed E-state index contributed by atoms with van der Waals surface area (Å²) in [6, 6.07) is 0. The molecule has 1 aliphatic heterocycles. The predicted octanol–water partition coefficient (Wildman–Crippen LogP) is 1.55. The largest absolute Gasteiger partial charge is 0.353 e. The van der Waals surface area contributed by atoms with Gasteiger partial charge in [0.15, 0.2) is 0 Å². The molecule has 0 aliphatic carbocycles. The van der Waals surface area contributed by atoms with Crippen LogP contribution in [-0.4, -0.2) is 36.3 Å². The van der Waals surface area contributed by atoms with Crippen molar-refractivity contribution in [3.63, 3.8) is 0 Å². The highest BCUT2D eigenvalue weighted by atomic mass is 16.2. The first-order valence-corrected chi connectivity index (χ1v) is 6.59. The van der Waals surface area contributed by atoms with E-state index in [9.17, 15) is 9.59 Å². The van der Waals surface area contributed by atoms with Gasteiger partial charge in [-0.2, -0.15) is 0 Å². The minimum atomic E-state index is -0.291. The van der Waals surface area contributed by atoms with Gasteiger partial charge in [-0.15, -0.1) is 0 Å². The molecule has 1 saturated heterocycles. The Labute approximate surface area is 104 Å². The van der Waals surface area contributed by atoms with Gasteiger partial charge in [0.05, 0.1) is 6.54 Å². The molecule has 1 aliphatic rings. The summed E-state index contributed by atoms with van der Waals surface area (Å²) in [7, 11) is 0. The molecule has 1 fully saturated rings. The Morgan fingerprint density at radius 2 is 1.94 bits per heavy atom. The maximum absolute atomic E-state index is 12.5. The number of carbonyl (C=O) groups excluding carboxylic acids is 2. The lowest BCUT2D eigenvalue weighted by Gasteiger charge is -2.36. The third kappa shape index (κ3) is 3.45. The summed E-state index contributed by atoms with van der Waals surface area (Å²) in [5.41, 5.74) is -0.291. The summed E-state index contributed by atoms with van der Waals surface area (Å²) in [4.78, 5) is 25.5. The Bertz CT molecular complexity index is 283. The van der Waals surface area contributed by atoms with Crippen molar-refractivity contribution in [2.45, 2.75) is 46.5 Å². The van der Waals surface area contributed by atoms with Crippen LogP contribution in [0, 0.1) is 5.41 Å². The highest BCUT2D eigenvalue weighted by Crippen LogP contribution is 2.31. The number of hydrogen-bond donors (Lipinski definition) is 1. The number of carbonyl (C=O) groups is 2. The van der Waals surface area contributed by atoms with Crippen LogP contribution in [0.15, 0.2) is 0 Å². The molecule has 17 heavy (non-hydrogen) atoms. The fourth-order valence-corrected chi connectivity index (χ4v) is 2.64. The van der Waals surface area contributed by atoms with Gasteiger partial charge in [0.1, 0.15) is 0 Å². The Morgan fingerprint density at radius 1 is 1.35 bits per heavy atom. The van der Waals surface area contributed by atoms with Gasteiger partial charge in [0.25, 0.3) is 0 Å². The lowest BCUT2D eigenvalue weighted by atomic mass is 9.80. The highest BCUT2D eigenvalue weighted by Gasteiger charge is 2.36. The number of amides is 2. The van der Waals surface area contributed by atoms with Gasteiger partial charge < -0.3 is 10.2 Å². The van der Waals surface area contributed by atoms with Gasteiger partial charge in [0.2, 0.25) is 11.8 Å². The maximum Gasteiger partial charge on any atom is 0.239 e. The third-order valence-corrected chi connectivity index (χ3v) is 3.45. The van der Waals surface area contributed by atoms with Gasteiger partial charge in [-0.25, -0.2) is 0 Å². The molecular formula is C13H24N2O2. The summed E-state index contributed by atoms with van der Waals surface area (Å²) in [5.74, 6) is 0.107. The smallest absolute Gasteiger partial charge is 0.239 e. The van der Waals surface area contributed by atoms with Crippen molar-refractivity contribution in [2.24, 2.45) is 5.41 Å². The lowest BCUT2D eigenvalue weighted by molar-refractivity contribution is -0.146. The monoisotopic (exact) mass is 240 g/mol. The van der Waals surface area contributed by atoms with E-state index in [1.54, 1.807) is 4.90 Å². The quantitative estimate of drug-likeness (QED) is 0.792. The van der Waals surface area contributed by atoms with Crippen LogP contribution in [0.1, 0.15) is 46.5 Å². The van der Waals surface area contributed by atoms with Crippen molar-refractivity contribution in [1.29, 1.82) is 0 Å². The maximum atomic E-state index is 12.5. The minimum Gasteiger partial charge on any atom is -0.353 e. The standard InChI is InChI=1S/C13H24N2O2/c1-4-6-13(3,7-5-2)12(17)15-9-8-14-11(16)10-15/h4-10H2,1-3H3,(H,14,16). The molecule has 0 saturated carbocycles. The zero-order valence-corrected chi connectivity index (χ0v) is 11.2. The molecule has 2 amide bonds. The first kappa shape index (κ1) is 14.0. The van der Waals surface area contributed by atoms with E-state index in [1.165, 1.54) is 0 Å². The molecule has 1 heterocycles. The first-order valence-electron chi connectivity index (χ1n) is 6.59. The van der Waals surface area contributed by atoms with Crippen LogP contribution in [-0.2, 0) is 9.59 Å². The van der Waals surface area contributed by atoms with Crippen LogP contribution in [0.4, 0.5) is 0 Å². The fraction of sp³-hybridized carbons (Fsp3) is 0.846. The van der Waals surface area contributed by atoms with E-state index in [1.807, 2.05) is 6.92 Å². The van der Waals surface area contributed by atoms with E-state index in [0.717, 1.165) is 25.7 Å². The SMILES string of the molecule is CCCC(C)(CCC)C(=O)N1CCNC(=O)C1. The summed E-state index contributed by atoms with van der Waals surface area (Å²) < 4.78 is 0. The molecule has 4 heteroatoms. The van der Waals surface area contributed by atoms with Crippen LogP contribution in [0.25, 0.3) is 0 Å². The number of nitrogens with zero attached hydrogens (tertiary/aromatic N) is 1. The molecule has 0 atom stereocenters. The summed E-state index contributed by atoms with van der Waals surface area (Å²) in [5, 5.41) is 2.75. The van der Waals surface area contributed by atoms with Crippen LogP contribution in [0.5, 0.6) is 0 Å². The average molecular weight is 240 g/mol. The van der Waals surface area contributed by atoms with Crippen molar-refractivity contribution >= 4 is 11.8 Å². The topological polar surface area (TPSA) is 49.4 Å². The molecule has 4 nitrogen and oxygen atoms in total. The molecule has 0 bridgehead atoms. The molecular weight excluding hydrogens is 216 g/mol. The van der Waals surface area contributed by atoms with Crippen molar-refractivity contribution in [3.05, 3.63) is 0 Å². The lowest BCUT2D eigenvalue weighted by Crippen LogP contribution is -2.53. The van der Waals surface area contributed by atoms with Crippen molar-refractivity contribution in [3.8, 4) is 0 Å². The zero-order valence-electron chi connectivity index (χ0n) is 11.2. The van der Waals surface area contributed by atoms with Crippen LogP contribution in [0.3, 0.4) is 0 Å². The number of rotatable bonds is 5. The van der Waals surface area contributed by atoms with Crippen LogP contribution in [0.2, 0.25) is 0 Å².